The van der Waals surface area contributed by atoms with E-state index in [0.717, 1.165) is 5.56 Å². The van der Waals surface area contributed by atoms with E-state index in [-0.39, 0.29) is 0 Å². The maximum absolute atomic E-state index is 11.8. The van der Waals surface area contributed by atoms with Gasteiger partial charge in [-0.05, 0) is 48.1 Å². The highest BCUT2D eigenvalue weighted by atomic mass is 16.7. The van der Waals surface area contributed by atoms with Crippen LogP contribution < -0.4 is 0 Å². The van der Waals surface area contributed by atoms with Crippen LogP contribution in [0.25, 0.3) is 6.08 Å². The Hall–Kier alpha value is -4.06. The van der Waals surface area contributed by atoms with Crippen molar-refractivity contribution >= 4 is 29.4 Å². The van der Waals surface area contributed by atoms with Crippen molar-refractivity contribution in [3.63, 3.8) is 0 Å². The lowest BCUT2D eigenvalue weighted by atomic mass is 10.1. The highest BCUT2D eigenvalue weighted by molar-refractivity contribution is 6.18. The number of nitrogens with zero attached hydrogens (tertiary/aromatic N) is 2. The number of hydrogen-bond acceptors (Lipinski definition) is 6. The summed E-state index contributed by atoms with van der Waals surface area (Å²) in [5.74, 6) is -1.14. The summed E-state index contributed by atoms with van der Waals surface area (Å²) in [6, 6.07) is 17.9. The SMILES string of the molecule is O=C(/C=C/c1ccccc1)ON=C1C=CC(=NOC(=O)c2ccccc2)C=C1. The van der Waals surface area contributed by atoms with Gasteiger partial charge in [0, 0.05) is 6.08 Å². The molecule has 6 nitrogen and oxygen atoms in total. The molecular weight excluding hydrogens is 356 g/mol. The second-order valence-corrected chi connectivity index (χ2v) is 5.60. The van der Waals surface area contributed by atoms with E-state index < -0.39 is 11.9 Å². The normalized spacial score (nSPS) is 12.7. The van der Waals surface area contributed by atoms with Crippen LogP contribution in [0.4, 0.5) is 0 Å². The molecule has 138 valence electrons. The van der Waals surface area contributed by atoms with Crippen LogP contribution in [0.1, 0.15) is 15.9 Å². The summed E-state index contributed by atoms with van der Waals surface area (Å²) >= 11 is 0. The molecule has 0 saturated carbocycles. The molecule has 0 saturated heterocycles. The van der Waals surface area contributed by atoms with E-state index in [1.54, 1.807) is 60.7 Å². The topological polar surface area (TPSA) is 77.3 Å². The summed E-state index contributed by atoms with van der Waals surface area (Å²) in [4.78, 5) is 33.2. The van der Waals surface area contributed by atoms with Crippen molar-refractivity contribution in [1.29, 1.82) is 0 Å². The lowest BCUT2D eigenvalue weighted by Crippen LogP contribution is -2.06. The quantitative estimate of drug-likeness (QED) is 0.345. The molecule has 0 atom stereocenters. The lowest BCUT2D eigenvalue weighted by Gasteiger charge is -2.02. The third kappa shape index (κ3) is 5.74. The first kappa shape index (κ1) is 18.7. The van der Waals surface area contributed by atoms with Gasteiger partial charge in [0.1, 0.15) is 11.4 Å². The van der Waals surface area contributed by atoms with E-state index in [1.807, 2.05) is 30.3 Å². The number of hydrogen-bond donors (Lipinski definition) is 0. The first-order valence-corrected chi connectivity index (χ1v) is 8.43. The van der Waals surface area contributed by atoms with E-state index >= 15 is 0 Å². The lowest BCUT2D eigenvalue weighted by molar-refractivity contribution is -0.137. The maximum Gasteiger partial charge on any atom is 0.365 e. The van der Waals surface area contributed by atoms with Crippen molar-refractivity contribution in [3.05, 3.63) is 102 Å². The smallest absolute Gasteiger partial charge is 0.313 e. The van der Waals surface area contributed by atoms with Crippen LogP contribution in [-0.4, -0.2) is 23.4 Å². The van der Waals surface area contributed by atoms with Gasteiger partial charge in [0.15, 0.2) is 0 Å². The molecule has 0 amide bonds. The molecule has 28 heavy (non-hydrogen) atoms. The Morgan fingerprint density at radius 1 is 0.714 bits per heavy atom. The fourth-order valence-corrected chi connectivity index (χ4v) is 2.15. The molecule has 2 aromatic rings. The minimum Gasteiger partial charge on any atom is -0.313 e. The Balaban J connectivity index is 1.50. The van der Waals surface area contributed by atoms with Crippen molar-refractivity contribution in [3.8, 4) is 0 Å². The van der Waals surface area contributed by atoms with Gasteiger partial charge < -0.3 is 9.68 Å². The van der Waals surface area contributed by atoms with Gasteiger partial charge in [0.05, 0.1) is 5.56 Å². The highest BCUT2D eigenvalue weighted by Gasteiger charge is 2.07. The van der Waals surface area contributed by atoms with E-state index in [4.69, 9.17) is 9.68 Å². The molecule has 3 rings (SSSR count). The first-order chi connectivity index (χ1) is 13.7. The Kier molecular flexibility index (Phi) is 6.41. The fourth-order valence-electron chi connectivity index (χ4n) is 2.15. The molecule has 0 N–H and O–H groups in total. The zero-order valence-electron chi connectivity index (χ0n) is 14.8. The Morgan fingerprint density at radius 3 is 1.86 bits per heavy atom. The molecule has 6 heteroatoms. The van der Waals surface area contributed by atoms with Crippen molar-refractivity contribution < 1.29 is 19.3 Å². The van der Waals surface area contributed by atoms with Gasteiger partial charge in [0.25, 0.3) is 0 Å². The van der Waals surface area contributed by atoms with Gasteiger partial charge in [-0.1, -0.05) is 58.8 Å². The zero-order valence-corrected chi connectivity index (χ0v) is 14.8. The van der Waals surface area contributed by atoms with Gasteiger partial charge >= 0.3 is 11.9 Å². The molecule has 0 fully saturated rings. The summed E-state index contributed by atoms with van der Waals surface area (Å²) in [5.41, 5.74) is 2.15. The van der Waals surface area contributed by atoms with Crippen LogP contribution in [0.5, 0.6) is 0 Å². The molecule has 2 aromatic carbocycles. The highest BCUT2D eigenvalue weighted by Crippen LogP contribution is 2.05. The molecule has 0 aliphatic heterocycles. The van der Waals surface area contributed by atoms with Gasteiger partial charge in [-0.25, -0.2) is 9.59 Å². The second-order valence-electron chi connectivity index (χ2n) is 5.60. The molecular formula is C22H16N2O4. The number of benzene rings is 2. The molecule has 0 heterocycles. The van der Waals surface area contributed by atoms with Gasteiger partial charge in [-0.2, -0.15) is 0 Å². The standard InChI is InChI=1S/C22H16N2O4/c25-21(16-11-17-7-3-1-4-8-17)27-23-19-12-14-20(15-13-19)24-28-22(26)18-9-5-2-6-10-18/h1-16H/b16-11+,23-19?,24-20?. The summed E-state index contributed by atoms with van der Waals surface area (Å²) in [6.45, 7) is 0. The summed E-state index contributed by atoms with van der Waals surface area (Å²) in [5, 5.41) is 7.52. The number of oxime groups is 2. The van der Waals surface area contributed by atoms with Crippen LogP contribution in [-0.2, 0) is 14.5 Å². The average molecular weight is 372 g/mol. The predicted octanol–water partition coefficient (Wildman–Crippen LogP) is 3.94. The van der Waals surface area contributed by atoms with Crippen molar-refractivity contribution in [1.82, 2.24) is 0 Å². The van der Waals surface area contributed by atoms with E-state index in [0.29, 0.717) is 17.0 Å². The minimum atomic E-state index is -0.589. The Morgan fingerprint density at radius 2 is 1.25 bits per heavy atom. The molecule has 0 radical (unpaired) electrons. The number of carbonyl (C=O) groups is 2. The van der Waals surface area contributed by atoms with E-state index in [2.05, 4.69) is 10.3 Å². The Labute approximate surface area is 161 Å². The minimum absolute atomic E-state index is 0.410. The van der Waals surface area contributed by atoms with Crippen LogP contribution in [0.2, 0.25) is 0 Å². The molecule has 1 aliphatic rings. The number of rotatable bonds is 5. The summed E-state index contributed by atoms with van der Waals surface area (Å²) in [7, 11) is 0. The van der Waals surface area contributed by atoms with Crippen molar-refractivity contribution in [2.45, 2.75) is 0 Å². The number of allylic oxidation sites excluding steroid dienone is 4. The zero-order chi connectivity index (χ0) is 19.6. The summed E-state index contributed by atoms with van der Waals surface area (Å²) in [6.07, 6.45) is 9.29. The van der Waals surface area contributed by atoms with E-state index in [9.17, 15) is 9.59 Å². The molecule has 0 bridgehead atoms. The van der Waals surface area contributed by atoms with Crippen molar-refractivity contribution in [2.75, 3.05) is 0 Å². The van der Waals surface area contributed by atoms with Crippen molar-refractivity contribution in [2.24, 2.45) is 10.3 Å². The van der Waals surface area contributed by atoms with Gasteiger partial charge in [-0.15, -0.1) is 0 Å². The van der Waals surface area contributed by atoms with Gasteiger partial charge in [-0.3, -0.25) is 0 Å². The molecule has 0 aromatic heterocycles. The molecule has 0 spiro atoms. The average Bonchev–Trinajstić information content (AvgIpc) is 2.76. The molecule has 0 unspecified atom stereocenters. The van der Waals surface area contributed by atoms with Crippen LogP contribution in [0.15, 0.2) is 101 Å². The largest absolute Gasteiger partial charge is 0.365 e. The molecule has 1 aliphatic carbocycles. The third-order valence-corrected chi connectivity index (χ3v) is 3.55. The van der Waals surface area contributed by atoms with Crippen LogP contribution in [0, 0.1) is 0 Å². The van der Waals surface area contributed by atoms with Crippen LogP contribution >= 0.6 is 0 Å². The predicted molar refractivity (Wildman–Crippen MR) is 107 cm³/mol. The summed E-state index contributed by atoms with van der Waals surface area (Å²) < 4.78 is 0. The third-order valence-electron chi connectivity index (χ3n) is 3.55. The monoisotopic (exact) mass is 372 g/mol. The second kappa shape index (κ2) is 9.59. The maximum atomic E-state index is 11.8. The Bertz CT molecular complexity index is 970. The van der Waals surface area contributed by atoms with Gasteiger partial charge in [0.2, 0.25) is 0 Å². The van der Waals surface area contributed by atoms with E-state index in [1.165, 1.54) is 6.08 Å². The van der Waals surface area contributed by atoms with Crippen LogP contribution in [0.3, 0.4) is 0 Å². The first-order valence-electron chi connectivity index (χ1n) is 8.43. The fraction of sp³-hybridized carbons (Fsp3) is 0. The number of carbonyl (C=O) groups excluding carboxylic acids is 2.